The van der Waals surface area contributed by atoms with E-state index in [1.807, 2.05) is 12.3 Å². The van der Waals surface area contributed by atoms with Crippen molar-refractivity contribution in [2.75, 3.05) is 25.0 Å². The molecule has 0 saturated carbocycles. The van der Waals surface area contributed by atoms with Gasteiger partial charge in [0.2, 0.25) is 5.91 Å². The number of hydrogen-bond acceptors (Lipinski definition) is 5. The number of amides is 1. The first-order chi connectivity index (χ1) is 8.13. The number of thiazole rings is 1. The molecule has 1 amide bonds. The van der Waals surface area contributed by atoms with Crippen molar-refractivity contribution in [2.45, 2.75) is 25.8 Å². The summed E-state index contributed by atoms with van der Waals surface area (Å²) in [5.41, 5.74) is 6.81. The number of piperidine rings is 1. The summed E-state index contributed by atoms with van der Waals surface area (Å²) in [5, 5.41) is 5.41. The summed E-state index contributed by atoms with van der Waals surface area (Å²) in [6, 6.07) is 0.207. The van der Waals surface area contributed by atoms with Gasteiger partial charge in [0.15, 0.2) is 5.13 Å². The van der Waals surface area contributed by atoms with Crippen molar-refractivity contribution in [2.24, 2.45) is 5.73 Å². The molecule has 0 radical (unpaired) electrons. The third-order valence-electron chi connectivity index (χ3n) is 2.77. The second kappa shape index (κ2) is 7.04. The molecule has 3 N–H and O–H groups in total. The maximum absolute atomic E-state index is 11.8. The summed E-state index contributed by atoms with van der Waals surface area (Å²) in [6.07, 6.45) is 2.13. The number of aryl methyl sites for hydroxylation is 1. The smallest absolute Gasteiger partial charge is 0.240 e. The minimum atomic E-state index is -0.00606. The Balaban J connectivity index is 0.00000162. The van der Waals surface area contributed by atoms with Crippen LogP contribution in [0.1, 0.15) is 18.5 Å². The van der Waals surface area contributed by atoms with E-state index in [0.29, 0.717) is 11.7 Å². The summed E-state index contributed by atoms with van der Waals surface area (Å²) >= 11 is 1.45. The van der Waals surface area contributed by atoms with Crippen LogP contribution < -0.4 is 11.1 Å². The summed E-state index contributed by atoms with van der Waals surface area (Å²) < 4.78 is 0. The van der Waals surface area contributed by atoms with Gasteiger partial charge in [-0.2, -0.15) is 0 Å². The van der Waals surface area contributed by atoms with Gasteiger partial charge >= 0.3 is 0 Å². The van der Waals surface area contributed by atoms with Crippen molar-refractivity contribution in [3.8, 4) is 0 Å². The fourth-order valence-electron chi connectivity index (χ4n) is 2.01. The lowest BCUT2D eigenvalue weighted by atomic mass is 10.1. The number of hydrogen-bond donors (Lipinski definition) is 2. The molecular weight excluding hydrogens is 272 g/mol. The van der Waals surface area contributed by atoms with Crippen molar-refractivity contribution in [3.05, 3.63) is 11.1 Å². The van der Waals surface area contributed by atoms with Gasteiger partial charge in [-0.25, -0.2) is 4.98 Å². The number of aromatic nitrogens is 1. The van der Waals surface area contributed by atoms with Gasteiger partial charge in [0.25, 0.3) is 0 Å². The van der Waals surface area contributed by atoms with Crippen LogP contribution in [0.3, 0.4) is 0 Å². The molecule has 1 atom stereocenters. The van der Waals surface area contributed by atoms with Crippen LogP contribution >= 0.6 is 23.7 Å². The van der Waals surface area contributed by atoms with Crippen LogP contribution in [0.4, 0.5) is 5.13 Å². The van der Waals surface area contributed by atoms with Gasteiger partial charge in [0.05, 0.1) is 12.2 Å². The summed E-state index contributed by atoms with van der Waals surface area (Å²) in [7, 11) is 0. The normalized spacial score (nSPS) is 20.2. The van der Waals surface area contributed by atoms with Crippen molar-refractivity contribution in [1.82, 2.24) is 9.88 Å². The van der Waals surface area contributed by atoms with E-state index in [4.69, 9.17) is 5.73 Å². The van der Waals surface area contributed by atoms with Crippen LogP contribution in [0.5, 0.6) is 0 Å². The van der Waals surface area contributed by atoms with Gasteiger partial charge in [-0.3, -0.25) is 9.69 Å². The Hall–Kier alpha value is -0.690. The van der Waals surface area contributed by atoms with Crippen molar-refractivity contribution >= 4 is 34.8 Å². The van der Waals surface area contributed by atoms with Gasteiger partial charge < -0.3 is 11.1 Å². The van der Waals surface area contributed by atoms with E-state index >= 15 is 0 Å². The number of anilines is 1. The fourth-order valence-corrected chi connectivity index (χ4v) is 2.71. The molecule has 2 rings (SSSR count). The topological polar surface area (TPSA) is 71.2 Å². The first-order valence-corrected chi connectivity index (χ1v) is 6.71. The maximum Gasteiger partial charge on any atom is 0.240 e. The van der Waals surface area contributed by atoms with E-state index in [0.717, 1.165) is 31.6 Å². The fraction of sp³-hybridized carbons (Fsp3) is 0.636. The van der Waals surface area contributed by atoms with Gasteiger partial charge in [0.1, 0.15) is 0 Å². The lowest BCUT2D eigenvalue weighted by Gasteiger charge is -2.29. The highest BCUT2D eigenvalue weighted by Gasteiger charge is 2.19. The van der Waals surface area contributed by atoms with Crippen LogP contribution in [0.25, 0.3) is 0 Å². The number of nitrogens with one attached hydrogen (secondary N) is 1. The molecule has 1 aliphatic heterocycles. The lowest BCUT2D eigenvalue weighted by molar-refractivity contribution is -0.117. The molecule has 1 aromatic rings. The minimum Gasteiger partial charge on any atom is -0.327 e. The van der Waals surface area contributed by atoms with Gasteiger partial charge in [-0.1, -0.05) is 0 Å². The van der Waals surface area contributed by atoms with E-state index in [-0.39, 0.29) is 24.4 Å². The van der Waals surface area contributed by atoms with Gasteiger partial charge in [-0.05, 0) is 26.3 Å². The van der Waals surface area contributed by atoms with Crippen LogP contribution in [0, 0.1) is 6.92 Å². The Bertz CT molecular complexity index is 398. The highest BCUT2D eigenvalue weighted by Crippen LogP contribution is 2.14. The highest BCUT2D eigenvalue weighted by molar-refractivity contribution is 7.13. The zero-order valence-electron chi connectivity index (χ0n) is 10.4. The molecule has 1 saturated heterocycles. The molecule has 2 heterocycles. The van der Waals surface area contributed by atoms with Gasteiger partial charge in [-0.15, -0.1) is 23.7 Å². The average molecular weight is 291 g/mol. The van der Waals surface area contributed by atoms with Crippen LogP contribution in [-0.4, -0.2) is 41.5 Å². The van der Waals surface area contributed by atoms with Crippen molar-refractivity contribution in [1.29, 1.82) is 0 Å². The molecule has 7 heteroatoms. The Kier molecular flexibility index (Phi) is 6.01. The average Bonchev–Trinajstić information content (AvgIpc) is 2.63. The van der Waals surface area contributed by atoms with Crippen molar-refractivity contribution in [3.63, 3.8) is 0 Å². The zero-order valence-corrected chi connectivity index (χ0v) is 12.0. The number of halogens is 1. The number of rotatable bonds is 3. The Labute approximate surface area is 117 Å². The molecule has 0 aromatic carbocycles. The highest BCUT2D eigenvalue weighted by atomic mass is 35.5. The molecule has 1 fully saturated rings. The third-order valence-corrected chi connectivity index (χ3v) is 3.65. The molecule has 1 unspecified atom stereocenters. The first kappa shape index (κ1) is 15.4. The van der Waals surface area contributed by atoms with E-state index < -0.39 is 0 Å². The summed E-state index contributed by atoms with van der Waals surface area (Å²) in [6.45, 7) is 4.09. The molecule has 0 aliphatic carbocycles. The molecule has 5 nitrogen and oxygen atoms in total. The maximum atomic E-state index is 11.8. The number of likely N-dealkylation sites (tertiary alicyclic amines) is 1. The van der Waals surface area contributed by atoms with Crippen LogP contribution in [0.2, 0.25) is 0 Å². The molecule has 18 heavy (non-hydrogen) atoms. The zero-order chi connectivity index (χ0) is 12.3. The Morgan fingerprint density at radius 2 is 2.50 bits per heavy atom. The molecule has 0 spiro atoms. The molecule has 1 aliphatic rings. The quantitative estimate of drug-likeness (QED) is 0.878. The first-order valence-electron chi connectivity index (χ1n) is 5.83. The predicted molar refractivity (Wildman–Crippen MR) is 76.4 cm³/mol. The molecule has 102 valence electrons. The van der Waals surface area contributed by atoms with E-state index in [9.17, 15) is 4.79 Å². The third kappa shape index (κ3) is 4.53. The minimum absolute atomic E-state index is 0. The predicted octanol–water partition coefficient (Wildman–Crippen LogP) is 1.23. The van der Waals surface area contributed by atoms with Crippen molar-refractivity contribution < 1.29 is 4.79 Å². The standard InChI is InChI=1S/C11H18N4OS.ClH/c1-8-7-17-11(13-8)14-10(16)6-15-4-2-3-9(12)5-15;/h7,9H,2-6,12H2,1H3,(H,13,14,16);1H. The van der Waals surface area contributed by atoms with Gasteiger partial charge in [0, 0.05) is 18.0 Å². The lowest BCUT2D eigenvalue weighted by Crippen LogP contribution is -2.45. The monoisotopic (exact) mass is 290 g/mol. The summed E-state index contributed by atoms with van der Waals surface area (Å²) in [4.78, 5) is 18.1. The summed E-state index contributed by atoms with van der Waals surface area (Å²) in [5.74, 6) is -0.00606. The number of nitrogens with two attached hydrogens (primary N) is 1. The van der Waals surface area contributed by atoms with E-state index in [2.05, 4.69) is 15.2 Å². The number of carbonyl (C=O) groups excluding carboxylic acids is 1. The number of carbonyl (C=O) groups is 1. The Morgan fingerprint density at radius 1 is 1.72 bits per heavy atom. The molecular formula is C11H19ClN4OS. The Morgan fingerprint density at radius 3 is 3.11 bits per heavy atom. The SMILES string of the molecule is Cc1csc(NC(=O)CN2CCCC(N)C2)n1.Cl. The largest absolute Gasteiger partial charge is 0.327 e. The molecule has 0 bridgehead atoms. The number of nitrogens with zero attached hydrogens (tertiary/aromatic N) is 2. The van der Waals surface area contributed by atoms with E-state index in [1.165, 1.54) is 11.3 Å². The molecule has 1 aromatic heterocycles. The second-order valence-corrected chi connectivity index (χ2v) is 5.34. The van der Waals surface area contributed by atoms with E-state index in [1.54, 1.807) is 0 Å². The van der Waals surface area contributed by atoms with Crippen LogP contribution in [-0.2, 0) is 4.79 Å². The second-order valence-electron chi connectivity index (χ2n) is 4.48. The van der Waals surface area contributed by atoms with Crippen LogP contribution in [0.15, 0.2) is 5.38 Å².